The normalized spacial score (nSPS) is 11.9. The summed E-state index contributed by atoms with van der Waals surface area (Å²) in [6.07, 6.45) is 3.94. The third kappa shape index (κ3) is 3.61. The van der Waals surface area contributed by atoms with Crippen LogP contribution in [-0.2, 0) is 0 Å². The van der Waals surface area contributed by atoms with E-state index in [1.165, 1.54) is 0 Å². The van der Waals surface area contributed by atoms with Crippen LogP contribution in [0.4, 0.5) is 0 Å². The van der Waals surface area contributed by atoms with Crippen molar-refractivity contribution in [1.82, 2.24) is 0 Å². The van der Waals surface area contributed by atoms with Gasteiger partial charge >= 0.3 is 5.63 Å². The van der Waals surface area contributed by atoms with E-state index in [1.807, 2.05) is 78.9 Å². The van der Waals surface area contributed by atoms with Crippen molar-refractivity contribution >= 4 is 71.4 Å². The Balaban J connectivity index is 1.54. The van der Waals surface area contributed by atoms with Gasteiger partial charge in [-0.1, -0.05) is 101 Å². The van der Waals surface area contributed by atoms with E-state index in [0.29, 0.717) is 22.5 Å². The Morgan fingerprint density at radius 1 is 0.622 bits per heavy atom. The lowest BCUT2D eigenvalue weighted by atomic mass is 9.96. The first-order valence-electron chi connectivity index (χ1n) is 12.0. The van der Waals surface area contributed by atoms with Crippen LogP contribution < -0.4 is 5.63 Å². The second kappa shape index (κ2) is 8.61. The van der Waals surface area contributed by atoms with Crippen molar-refractivity contribution in [3.8, 4) is 11.3 Å². The molecule has 0 aliphatic heterocycles. The molecule has 37 heavy (non-hydrogen) atoms. The minimum absolute atomic E-state index is 0.418. The summed E-state index contributed by atoms with van der Waals surface area (Å²) in [5.41, 5.74) is 2.08. The van der Waals surface area contributed by atoms with E-state index in [4.69, 9.17) is 8.83 Å². The predicted octanol–water partition coefficient (Wildman–Crippen LogP) is 9.45. The van der Waals surface area contributed by atoms with Crippen molar-refractivity contribution in [2.24, 2.45) is 0 Å². The molecule has 0 spiro atoms. The molecule has 2 heterocycles. The van der Waals surface area contributed by atoms with Crippen LogP contribution in [0, 0.1) is 0 Å². The van der Waals surface area contributed by atoms with Gasteiger partial charge in [0.1, 0.15) is 22.5 Å². The van der Waals surface area contributed by atoms with Crippen molar-refractivity contribution < 1.29 is 8.83 Å². The summed E-state index contributed by atoms with van der Waals surface area (Å²) in [7, 11) is 0. The number of rotatable bonds is 3. The van der Waals surface area contributed by atoms with Gasteiger partial charge < -0.3 is 8.83 Å². The molecule has 0 aliphatic rings. The third-order valence-electron chi connectivity index (χ3n) is 6.80. The second-order valence-corrected chi connectivity index (χ2v) is 9.92. The highest BCUT2D eigenvalue weighted by atomic mass is 79.9. The first kappa shape index (κ1) is 21.8. The highest BCUT2D eigenvalue weighted by molar-refractivity contribution is 9.10. The minimum atomic E-state index is -0.418. The molecule has 0 fully saturated rings. The average Bonchev–Trinajstić information content (AvgIpc) is 3.32. The summed E-state index contributed by atoms with van der Waals surface area (Å²) < 4.78 is 13.1. The molecular weight excluding hydrogens is 524 g/mol. The van der Waals surface area contributed by atoms with E-state index >= 15 is 0 Å². The zero-order chi connectivity index (χ0) is 24.9. The number of furan rings is 1. The topological polar surface area (TPSA) is 43.4 Å². The van der Waals surface area contributed by atoms with E-state index < -0.39 is 5.63 Å². The molecular formula is C33H19BrO3. The molecule has 0 amide bonds. The maximum absolute atomic E-state index is 13.3. The maximum Gasteiger partial charge on any atom is 0.348 e. The lowest BCUT2D eigenvalue weighted by Crippen LogP contribution is -1.99. The van der Waals surface area contributed by atoms with Crippen molar-refractivity contribution in [3.05, 3.63) is 129 Å². The van der Waals surface area contributed by atoms with Crippen LogP contribution in [0.1, 0.15) is 11.3 Å². The van der Waals surface area contributed by atoms with Gasteiger partial charge in [0.2, 0.25) is 0 Å². The molecule has 0 radical (unpaired) electrons. The summed E-state index contributed by atoms with van der Waals surface area (Å²) in [4.78, 5) is 13.3. The number of hydrogen-bond acceptors (Lipinski definition) is 3. The van der Waals surface area contributed by atoms with E-state index in [-0.39, 0.29) is 0 Å². The Labute approximate surface area is 220 Å². The molecule has 0 saturated heterocycles. The fourth-order valence-corrected chi connectivity index (χ4v) is 5.50. The molecule has 0 aliphatic carbocycles. The molecule has 3 nitrogen and oxygen atoms in total. The SMILES string of the molecule is O=c1oc2ccc(Br)cc2c2c(-c3ccccc3)oc(/C=C\c3c4ccccc4cc4ccccc34)c12. The van der Waals surface area contributed by atoms with Gasteiger partial charge in [-0.05, 0) is 57.4 Å². The molecule has 0 bridgehead atoms. The molecule has 176 valence electrons. The summed E-state index contributed by atoms with van der Waals surface area (Å²) in [5, 5.41) is 6.60. The van der Waals surface area contributed by atoms with Crippen molar-refractivity contribution in [2.45, 2.75) is 0 Å². The summed E-state index contributed by atoms with van der Waals surface area (Å²) in [5.74, 6) is 1.12. The smallest absolute Gasteiger partial charge is 0.348 e. The Kier molecular flexibility index (Phi) is 5.08. The Morgan fingerprint density at radius 3 is 2.03 bits per heavy atom. The fourth-order valence-electron chi connectivity index (χ4n) is 5.14. The van der Waals surface area contributed by atoms with Gasteiger partial charge in [0.15, 0.2) is 0 Å². The number of fused-ring (bicyclic) bond motifs is 5. The standard InChI is InChI=1S/C33H19BrO3/c34-23-14-16-28-27(19-23)30-31(33(35)37-28)29(36-32(30)20-8-2-1-3-9-20)17-15-26-24-12-6-4-10-21(24)18-22-11-5-7-13-25(22)26/h1-19H/b17-15-. The lowest BCUT2D eigenvalue weighted by Gasteiger charge is -2.08. The zero-order valence-electron chi connectivity index (χ0n) is 19.6. The number of benzene rings is 5. The summed E-state index contributed by atoms with van der Waals surface area (Å²) >= 11 is 3.57. The van der Waals surface area contributed by atoms with Crippen LogP contribution in [0.2, 0.25) is 0 Å². The highest BCUT2D eigenvalue weighted by Gasteiger charge is 2.21. The van der Waals surface area contributed by atoms with Crippen LogP contribution >= 0.6 is 15.9 Å². The molecule has 7 rings (SSSR count). The quantitative estimate of drug-likeness (QED) is 0.165. The van der Waals surface area contributed by atoms with Crippen LogP contribution in [0.5, 0.6) is 0 Å². The van der Waals surface area contributed by atoms with Gasteiger partial charge in [-0.3, -0.25) is 0 Å². The first-order valence-corrected chi connectivity index (χ1v) is 12.8. The Morgan fingerprint density at radius 2 is 1.30 bits per heavy atom. The number of halogens is 1. The van der Waals surface area contributed by atoms with E-state index in [2.05, 4.69) is 46.3 Å². The van der Waals surface area contributed by atoms with Gasteiger partial charge in [-0.2, -0.15) is 0 Å². The first-order chi connectivity index (χ1) is 18.2. The molecule has 0 N–H and O–H groups in total. The Bertz CT molecular complexity index is 2010. The summed E-state index contributed by atoms with van der Waals surface area (Å²) in [6, 6.07) is 34.4. The van der Waals surface area contributed by atoms with Crippen LogP contribution in [0.15, 0.2) is 121 Å². The largest absolute Gasteiger partial charge is 0.455 e. The Hall–Kier alpha value is -4.41. The molecule has 0 atom stereocenters. The lowest BCUT2D eigenvalue weighted by molar-refractivity contribution is 0.560. The molecule has 2 aromatic heterocycles. The molecule has 5 aromatic carbocycles. The van der Waals surface area contributed by atoms with Gasteiger partial charge in [0.05, 0.1) is 0 Å². The zero-order valence-corrected chi connectivity index (χ0v) is 21.2. The van der Waals surface area contributed by atoms with Gasteiger partial charge in [-0.25, -0.2) is 4.79 Å². The van der Waals surface area contributed by atoms with Crippen molar-refractivity contribution in [3.63, 3.8) is 0 Å². The van der Waals surface area contributed by atoms with E-state index in [1.54, 1.807) is 6.07 Å². The van der Waals surface area contributed by atoms with Crippen LogP contribution in [0.25, 0.3) is 66.8 Å². The predicted molar refractivity (Wildman–Crippen MR) is 156 cm³/mol. The number of hydrogen-bond donors (Lipinski definition) is 0. The van der Waals surface area contributed by atoms with E-state index in [0.717, 1.165) is 47.9 Å². The van der Waals surface area contributed by atoms with Crippen LogP contribution in [-0.4, -0.2) is 0 Å². The minimum Gasteiger partial charge on any atom is -0.455 e. The monoisotopic (exact) mass is 542 g/mol. The highest BCUT2D eigenvalue weighted by Crippen LogP contribution is 2.39. The second-order valence-electron chi connectivity index (χ2n) is 9.01. The van der Waals surface area contributed by atoms with Crippen LogP contribution in [0.3, 0.4) is 0 Å². The molecule has 0 saturated carbocycles. The fraction of sp³-hybridized carbons (Fsp3) is 0. The van der Waals surface area contributed by atoms with Crippen molar-refractivity contribution in [1.29, 1.82) is 0 Å². The third-order valence-corrected chi connectivity index (χ3v) is 7.30. The molecule has 4 heteroatoms. The maximum atomic E-state index is 13.3. The molecule has 0 unspecified atom stereocenters. The average molecular weight is 543 g/mol. The van der Waals surface area contributed by atoms with E-state index in [9.17, 15) is 4.79 Å². The van der Waals surface area contributed by atoms with Gasteiger partial charge in [0.25, 0.3) is 0 Å². The van der Waals surface area contributed by atoms with Crippen molar-refractivity contribution in [2.75, 3.05) is 0 Å². The van der Waals surface area contributed by atoms with Gasteiger partial charge in [-0.15, -0.1) is 0 Å². The van der Waals surface area contributed by atoms with Gasteiger partial charge in [0, 0.05) is 20.8 Å². The molecule has 7 aromatic rings. The summed E-state index contributed by atoms with van der Waals surface area (Å²) in [6.45, 7) is 0.